The van der Waals surface area contributed by atoms with Gasteiger partial charge >= 0.3 is 0 Å². The number of hydrogen-bond donors (Lipinski definition) is 1. The molecule has 0 aliphatic heterocycles. The van der Waals surface area contributed by atoms with Gasteiger partial charge in [-0.25, -0.2) is 0 Å². The van der Waals surface area contributed by atoms with Crippen LogP contribution in [-0.4, -0.2) is 0 Å². The van der Waals surface area contributed by atoms with Crippen molar-refractivity contribution in [1.29, 1.82) is 0 Å². The van der Waals surface area contributed by atoms with Gasteiger partial charge in [0.1, 0.15) is 0 Å². The highest BCUT2D eigenvalue weighted by Crippen LogP contribution is 2.60. The summed E-state index contributed by atoms with van der Waals surface area (Å²) in [4.78, 5) is 0. The molecule has 0 bridgehead atoms. The predicted molar refractivity (Wildman–Crippen MR) is 259 cm³/mol. The maximum Gasteiger partial charge on any atom is 0.0569 e. The molecule has 294 valence electrons. The molecule has 0 fully saturated rings. The Morgan fingerprint density at radius 3 is 1.65 bits per heavy atom. The van der Waals surface area contributed by atoms with E-state index in [0.717, 1.165) is 5.69 Å². The Kier molecular flexibility index (Phi) is 8.71. The fourth-order valence-corrected chi connectivity index (χ4v) is 10.7. The lowest BCUT2D eigenvalue weighted by Gasteiger charge is -2.30. The average molecular weight is 776 g/mol. The van der Waals surface area contributed by atoms with Crippen LogP contribution in [0.4, 0.5) is 5.69 Å². The Labute approximate surface area is 355 Å². The molecule has 0 saturated heterocycles. The maximum atomic E-state index is 3.94. The number of hydrogen-bond acceptors (Lipinski definition) is 1. The minimum absolute atomic E-state index is 0.176. The van der Waals surface area contributed by atoms with Crippen molar-refractivity contribution in [1.82, 2.24) is 0 Å². The summed E-state index contributed by atoms with van der Waals surface area (Å²) < 4.78 is 0. The van der Waals surface area contributed by atoms with Crippen molar-refractivity contribution in [3.05, 3.63) is 198 Å². The van der Waals surface area contributed by atoms with E-state index in [0.29, 0.717) is 0 Å². The quantitative estimate of drug-likeness (QED) is 0.172. The van der Waals surface area contributed by atoms with Gasteiger partial charge in [-0.2, -0.15) is 0 Å². The molecule has 0 spiro atoms. The van der Waals surface area contributed by atoms with Crippen LogP contribution in [0.25, 0.3) is 76.8 Å². The first-order valence-corrected chi connectivity index (χ1v) is 21.8. The summed E-state index contributed by atoms with van der Waals surface area (Å²) >= 11 is 0. The normalized spacial score (nSPS) is 14.3. The van der Waals surface area contributed by atoms with E-state index >= 15 is 0 Å². The zero-order valence-electron chi connectivity index (χ0n) is 36.2. The molecule has 1 nitrogen and oxygen atoms in total. The van der Waals surface area contributed by atoms with Crippen LogP contribution in [0.3, 0.4) is 0 Å². The molecule has 0 atom stereocenters. The lowest BCUT2D eigenvalue weighted by atomic mass is 9.77. The van der Waals surface area contributed by atoms with Gasteiger partial charge in [-0.1, -0.05) is 175 Å². The van der Waals surface area contributed by atoms with Crippen LogP contribution in [0.1, 0.15) is 83.2 Å². The molecule has 0 aromatic heterocycles. The SMILES string of the molecule is CC.CC(C)(Nc1ccc2c(c1)C(C)(C)c1cc3c(cc1-2)C(C)(C)c1c-3c2ccccc2c2c1cc(-c1ccccc1)c1ccccc12)c1cccc(-c2ccccc2)c1. The summed E-state index contributed by atoms with van der Waals surface area (Å²) in [5.41, 5.74) is 17.9. The van der Waals surface area contributed by atoms with Crippen molar-refractivity contribution in [2.75, 3.05) is 5.32 Å². The topological polar surface area (TPSA) is 12.0 Å². The molecule has 11 rings (SSSR count). The van der Waals surface area contributed by atoms with Gasteiger partial charge in [0, 0.05) is 16.5 Å². The van der Waals surface area contributed by atoms with Crippen molar-refractivity contribution in [3.63, 3.8) is 0 Å². The molecule has 9 aromatic rings. The predicted octanol–water partition coefficient (Wildman–Crippen LogP) is 16.5. The van der Waals surface area contributed by atoms with E-state index in [2.05, 4.69) is 217 Å². The van der Waals surface area contributed by atoms with E-state index in [4.69, 9.17) is 0 Å². The minimum Gasteiger partial charge on any atom is -0.376 e. The Hall–Kier alpha value is -6.44. The first-order chi connectivity index (χ1) is 29.0. The largest absolute Gasteiger partial charge is 0.376 e. The molecule has 2 aliphatic rings. The first-order valence-electron chi connectivity index (χ1n) is 21.8. The molecule has 9 aromatic carbocycles. The summed E-state index contributed by atoms with van der Waals surface area (Å²) in [7, 11) is 0. The van der Waals surface area contributed by atoms with Crippen LogP contribution in [0.5, 0.6) is 0 Å². The molecule has 2 aliphatic carbocycles. The monoisotopic (exact) mass is 775 g/mol. The van der Waals surface area contributed by atoms with Gasteiger partial charge in [0.15, 0.2) is 0 Å². The molecule has 0 amide bonds. The third kappa shape index (κ3) is 5.59. The summed E-state index contributed by atoms with van der Waals surface area (Å²) in [6.45, 7) is 18.3. The highest BCUT2D eigenvalue weighted by molar-refractivity contribution is 6.28. The summed E-state index contributed by atoms with van der Waals surface area (Å²) in [6.07, 6.45) is 0. The molecule has 0 saturated carbocycles. The smallest absolute Gasteiger partial charge is 0.0569 e. The van der Waals surface area contributed by atoms with E-state index in [-0.39, 0.29) is 16.4 Å². The van der Waals surface area contributed by atoms with E-state index in [1.54, 1.807) is 0 Å². The highest BCUT2D eigenvalue weighted by atomic mass is 15.0. The van der Waals surface area contributed by atoms with Gasteiger partial charge < -0.3 is 5.32 Å². The van der Waals surface area contributed by atoms with E-state index < -0.39 is 0 Å². The summed E-state index contributed by atoms with van der Waals surface area (Å²) in [5, 5.41) is 12.0. The number of nitrogens with one attached hydrogen (secondary N) is 1. The van der Waals surface area contributed by atoms with Crippen LogP contribution in [0, 0.1) is 0 Å². The van der Waals surface area contributed by atoms with Crippen LogP contribution < -0.4 is 5.32 Å². The first kappa shape index (κ1) is 37.8. The van der Waals surface area contributed by atoms with Gasteiger partial charge in [0.05, 0.1) is 5.54 Å². The van der Waals surface area contributed by atoms with Crippen molar-refractivity contribution in [3.8, 4) is 44.5 Å². The van der Waals surface area contributed by atoms with Crippen molar-refractivity contribution < 1.29 is 0 Å². The Morgan fingerprint density at radius 2 is 0.950 bits per heavy atom. The lowest BCUT2D eigenvalue weighted by Crippen LogP contribution is -2.28. The number of fused-ring (bicyclic) bond motifs is 13. The van der Waals surface area contributed by atoms with Crippen LogP contribution in [0.15, 0.2) is 170 Å². The second kappa shape index (κ2) is 13.8. The highest BCUT2D eigenvalue weighted by Gasteiger charge is 2.43. The number of rotatable bonds is 5. The van der Waals surface area contributed by atoms with E-state index in [9.17, 15) is 0 Å². The molecule has 0 radical (unpaired) electrons. The lowest BCUT2D eigenvalue weighted by molar-refractivity contribution is 0.608. The Morgan fingerprint density at radius 1 is 0.400 bits per heavy atom. The molecule has 1 heteroatoms. The third-order valence-corrected chi connectivity index (χ3v) is 13.6. The molecule has 0 heterocycles. The van der Waals surface area contributed by atoms with Gasteiger partial charge in [0.25, 0.3) is 0 Å². The number of anilines is 1. The van der Waals surface area contributed by atoms with Crippen LogP contribution >= 0.6 is 0 Å². The number of benzene rings is 9. The average Bonchev–Trinajstić information content (AvgIpc) is 3.65. The van der Waals surface area contributed by atoms with Crippen LogP contribution in [-0.2, 0) is 16.4 Å². The summed E-state index contributed by atoms with van der Waals surface area (Å²) in [5.74, 6) is 0. The fourth-order valence-electron chi connectivity index (χ4n) is 10.7. The Bertz CT molecular complexity index is 3150. The zero-order valence-corrected chi connectivity index (χ0v) is 36.2. The molecular weight excluding hydrogens is 723 g/mol. The van der Waals surface area contributed by atoms with Crippen LogP contribution in [0.2, 0.25) is 0 Å². The van der Waals surface area contributed by atoms with E-state index in [1.165, 1.54) is 105 Å². The third-order valence-electron chi connectivity index (χ3n) is 13.6. The minimum atomic E-state index is -0.279. The van der Waals surface area contributed by atoms with Crippen molar-refractivity contribution >= 4 is 38.0 Å². The molecule has 0 unspecified atom stereocenters. The zero-order chi connectivity index (χ0) is 41.6. The maximum absolute atomic E-state index is 3.94. The van der Waals surface area contributed by atoms with Gasteiger partial charge in [-0.05, 0) is 155 Å². The van der Waals surface area contributed by atoms with Crippen molar-refractivity contribution in [2.24, 2.45) is 0 Å². The molecule has 60 heavy (non-hydrogen) atoms. The van der Waals surface area contributed by atoms with Crippen molar-refractivity contribution in [2.45, 2.75) is 71.8 Å². The van der Waals surface area contributed by atoms with Gasteiger partial charge in [-0.3, -0.25) is 0 Å². The standard InChI is InChI=1S/C57H47N.C2H6/c1-55(2)49-31-39(58-57(5,6)38-23-17-22-37(30-38)35-18-9-7-10-19-35)28-29-41(49)46-33-51-47(34-50(46)55)53-44-27-16-15-26-43(44)52-42-25-14-13-24-40(42)45(36-20-11-8-12-21-36)32-48(52)54(53)56(51,3)4;1-2/h7-34,58H,1-6H3;1-2H3. The second-order valence-corrected chi connectivity index (χ2v) is 18.2. The summed E-state index contributed by atoms with van der Waals surface area (Å²) in [6, 6.07) is 63.4. The second-order valence-electron chi connectivity index (χ2n) is 18.2. The fraction of sp³-hybridized carbons (Fsp3) is 0.186. The van der Waals surface area contributed by atoms with E-state index in [1.807, 2.05) is 13.8 Å². The Balaban J connectivity index is 0.00000213. The molecular formula is C59H53N. The van der Waals surface area contributed by atoms with Gasteiger partial charge in [-0.15, -0.1) is 0 Å². The van der Waals surface area contributed by atoms with Gasteiger partial charge in [0.2, 0.25) is 0 Å². The molecule has 1 N–H and O–H groups in total.